The third kappa shape index (κ3) is 3.30. The summed E-state index contributed by atoms with van der Waals surface area (Å²) in [6, 6.07) is 2.98. The van der Waals surface area contributed by atoms with Crippen molar-refractivity contribution >= 4 is 17.5 Å². The number of alkyl halides is 3. The molecule has 0 bridgehead atoms. The van der Waals surface area contributed by atoms with Crippen LogP contribution in [0.3, 0.4) is 0 Å². The van der Waals surface area contributed by atoms with E-state index in [2.05, 4.69) is 0 Å². The molecule has 0 aliphatic carbocycles. The van der Waals surface area contributed by atoms with Gasteiger partial charge in [-0.05, 0) is 18.2 Å². The number of halogens is 4. The van der Waals surface area contributed by atoms with Crippen molar-refractivity contribution in [1.29, 1.82) is 0 Å². The number of primary amides is 1. The highest BCUT2D eigenvalue weighted by molar-refractivity contribution is 6.31. The van der Waals surface area contributed by atoms with Crippen LogP contribution in [-0.2, 0) is 11.0 Å². The average molecular weight is 254 g/mol. The molecule has 0 saturated carbocycles. The largest absolute Gasteiger partial charge is 0.484 e. The number of carbonyl (C=O) groups is 1. The zero-order valence-corrected chi connectivity index (χ0v) is 8.60. The second-order valence-corrected chi connectivity index (χ2v) is 3.30. The lowest BCUT2D eigenvalue weighted by atomic mass is 10.2. The average Bonchev–Trinajstić information content (AvgIpc) is 2.14. The summed E-state index contributed by atoms with van der Waals surface area (Å²) >= 11 is 5.38. The van der Waals surface area contributed by atoms with E-state index in [1.165, 1.54) is 6.07 Å². The summed E-state index contributed by atoms with van der Waals surface area (Å²) in [4.78, 5) is 10.4. The zero-order valence-electron chi connectivity index (χ0n) is 7.84. The van der Waals surface area contributed by atoms with Crippen molar-refractivity contribution in [1.82, 2.24) is 0 Å². The molecular weight excluding hydrogens is 247 g/mol. The highest BCUT2D eigenvalue weighted by Gasteiger charge is 2.33. The number of benzene rings is 1. The van der Waals surface area contributed by atoms with E-state index in [9.17, 15) is 18.0 Å². The van der Waals surface area contributed by atoms with Gasteiger partial charge in [0.25, 0.3) is 5.91 Å². The Bertz CT molecular complexity index is 406. The second-order valence-electron chi connectivity index (χ2n) is 2.89. The van der Waals surface area contributed by atoms with Crippen molar-refractivity contribution in [3.05, 3.63) is 28.8 Å². The van der Waals surface area contributed by atoms with Crippen LogP contribution >= 0.6 is 11.6 Å². The Balaban J connectivity index is 2.94. The molecule has 0 heterocycles. The predicted molar refractivity (Wildman–Crippen MR) is 51.1 cm³/mol. The Hall–Kier alpha value is -1.43. The quantitative estimate of drug-likeness (QED) is 0.898. The van der Waals surface area contributed by atoms with Crippen LogP contribution in [0, 0.1) is 0 Å². The lowest BCUT2D eigenvalue weighted by molar-refractivity contribution is -0.137. The number of amides is 1. The summed E-state index contributed by atoms with van der Waals surface area (Å²) in [7, 11) is 0. The molecule has 0 aliphatic heterocycles. The van der Waals surface area contributed by atoms with Gasteiger partial charge in [0.05, 0.1) is 10.6 Å². The first kappa shape index (κ1) is 12.6. The fraction of sp³-hybridized carbons (Fsp3) is 0.222. The van der Waals surface area contributed by atoms with E-state index in [1.54, 1.807) is 0 Å². The van der Waals surface area contributed by atoms with Crippen LogP contribution in [0.1, 0.15) is 5.56 Å². The van der Waals surface area contributed by atoms with Gasteiger partial charge in [0.2, 0.25) is 0 Å². The van der Waals surface area contributed by atoms with Crippen molar-refractivity contribution in [2.45, 2.75) is 6.18 Å². The Labute approximate surface area is 93.9 Å². The molecule has 7 heteroatoms. The van der Waals surface area contributed by atoms with E-state index < -0.39 is 29.3 Å². The van der Waals surface area contributed by atoms with Crippen LogP contribution in [0.2, 0.25) is 5.02 Å². The summed E-state index contributed by atoms with van der Waals surface area (Å²) < 4.78 is 41.9. The van der Waals surface area contributed by atoms with Gasteiger partial charge in [0.15, 0.2) is 6.61 Å². The topological polar surface area (TPSA) is 52.3 Å². The highest BCUT2D eigenvalue weighted by Crippen LogP contribution is 2.36. The number of rotatable bonds is 3. The van der Waals surface area contributed by atoms with E-state index in [4.69, 9.17) is 22.1 Å². The monoisotopic (exact) mass is 253 g/mol. The molecule has 88 valence electrons. The third-order valence-electron chi connectivity index (χ3n) is 1.62. The summed E-state index contributed by atoms with van der Waals surface area (Å²) in [6.07, 6.45) is -4.57. The molecule has 1 aromatic carbocycles. The molecule has 0 aromatic heterocycles. The molecule has 1 amide bonds. The molecule has 0 unspecified atom stereocenters. The van der Waals surface area contributed by atoms with Gasteiger partial charge in [0.1, 0.15) is 5.75 Å². The lowest BCUT2D eigenvalue weighted by Crippen LogP contribution is -2.20. The minimum Gasteiger partial charge on any atom is -0.484 e. The molecule has 0 spiro atoms. The Morgan fingerprint density at radius 3 is 2.56 bits per heavy atom. The van der Waals surface area contributed by atoms with Gasteiger partial charge in [-0.25, -0.2) is 0 Å². The predicted octanol–water partition coefficient (Wildman–Crippen LogP) is 2.22. The first-order valence-corrected chi connectivity index (χ1v) is 4.46. The van der Waals surface area contributed by atoms with E-state index in [0.717, 1.165) is 6.07 Å². The van der Waals surface area contributed by atoms with E-state index in [-0.39, 0.29) is 5.75 Å². The molecule has 0 aliphatic rings. The van der Waals surface area contributed by atoms with Gasteiger partial charge in [-0.3, -0.25) is 4.79 Å². The van der Waals surface area contributed by atoms with Crippen molar-refractivity contribution < 1.29 is 22.7 Å². The smallest absolute Gasteiger partial charge is 0.417 e. The maximum absolute atomic E-state index is 12.4. The van der Waals surface area contributed by atoms with Gasteiger partial charge >= 0.3 is 6.18 Å². The molecule has 0 atom stereocenters. The zero-order chi connectivity index (χ0) is 12.3. The normalized spacial score (nSPS) is 11.2. The lowest BCUT2D eigenvalue weighted by Gasteiger charge is -2.11. The Kier molecular flexibility index (Phi) is 3.64. The van der Waals surface area contributed by atoms with E-state index in [1.807, 2.05) is 0 Å². The van der Waals surface area contributed by atoms with Gasteiger partial charge in [-0.1, -0.05) is 11.6 Å². The maximum Gasteiger partial charge on any atom is 0.417 e. The van der Waals surface area contributed by atoms with Crippen molar-refractivity contribution in [3.8, 4) is 5.75 Å². The molecule has 0 saturated heterocycles. The van der Waals surface area contributed by atoms with Crippen molar-refractivity contribution in [2.24, 2.45) is 5.73 Å². The van der Waals surface area contributed by atoms with Crippen LogP contribution in [0.25, 0.3) is 0 Å². The first-order chi connectivity index (χ1) is 7.30. The summed E-state index contributed by atoms with van der Waals surface area (Å²) in [5, 5.41) is -0.432. The molecule has 0 fully saturated rings. The number of ether oxygens (including phenoxy) is 1. The van der Waals surface area contributed by atoms with E-state index in [0.29, 0.717) is 6.07 Å². The number of carbonyl (C=O) groups excluding carboxylic acids is 1. The molecule has 16 heavy (non-hydrogen) atoms. The van der Waals surface area contributed by atoms with Gasteiger partial charge in [-0.2, -0.15) is 13.2 Å². The summed E-state index contributed by atoms with van der Waals surface area (Å²) in [6.45, 7) is -0.487. The number of nitrogens with two attached hydrogens (primary N) is 1. The van der Waals surface area contributed by atoms with Crippen LogP contribution < -0.4 is 10.5 Å². The molecule has 1 rings (SSSR count). The van der Waals surface area contributed by atoms with Gasteiger partial charge in [0, 0.05) is 0 Å². The molecule has 1 aromatic rings. The summed E-state index contributed by atoms with van der Waals surface area (Å²) in [5.74, 6) is -0.890. The molecule has 2 N–H and O–H groups in total. The van der Waals surface area contributed by atoms with Crippen LogP contribution in [0.15, 0.2) is 18.2 Å². The standard InChI is InChI=1S/C9H7ClF3NO2/c10-7-2-1-5(16-4-8(14)15)3-6(7)9(11,12)13/h1-3H,4H2,(H2,14,15). The SMILES string of the molecule is NC(=O)COc1ccc(Cl)c(C(F)(F)F)c1. The molecule has 0 radical (unpaired) electrons. The van der Waals surface area contributed by atoms with Crippen molar-refractivity contribution in [3.63, 3.8) is 0 Å². The maximum atomic E-state index is 12.4. The van der Waals surface area contributed by atoms with E-state index >= 15 is 0 Å². The highest BCUT2D eigenvalue weighted by atomic mass is 35.5. The minimum absolute atomic E-state index is 0.115. The fourth-order valence-electron chi connectivity index (χ4n) is 0.966. The van der Waals surface area contributed by atoms with Crippen molar-refractivity contribution in [2.75, 3.05) is 6.61 Å². The Morgan fingerprint density at radius 2 is 2.06 bits per heavy atom. The molecular formula is C9H7ClF3NO2. The van der Waals surface area contributed by atoms with Gasteiger partial charge in [-0.15, -0.1) is 0 Å². The van der Waals surface area contributed by atoms with Crippen LogP contribution in [-0.4, -0.2) is 12.5 Å². The summed E-state index contributed by atoms with van der Waals surface area (Å²) in [5.41, 5.74) is 3.76. The Morgan fingerprint density at radius 1 is 1.44 bits per heavy atom. The number of hydrogen-bond donors (Lipinski definition) is 1. The fourth-order valence-corrected chi connectivity index (χ4v) is 1.19. The second kappa shape index (κ2) is 4.61. The third-order valence-corrected chi connectivity index (χ3v) is 1.95. The van der Waals surface area contributed by atoms with Crippen LogP contribution in [0.5, 0.6) is 5.75 Å². The molecule has 3 nitrogen and oxygen atoms in total. The first-order valence-electron chi connectivity index (χ1n) is 4.08. The van der Waals surface area contributed by atoms with Gasteiger partial charge < -0.3 is 10.5 Å². The number of hydrogen-bond acceptors (Lipinski definition) is 2. The van der Waals surface area contributed by atoms with Crippen LogP contribution in [0.4, 0.5) is 13.2 Å². The minimum atomic E-state index is -4.57.